The standard InChI is InChI=1S/C13H18O4/c1-2-4-13(3-1,9-14-5-11-7-16-11)10-15-6-12-8-17-12/h1-4,11-12H,5-10H2. The van der Waals surface area contributed by atoms with E-state index in [9.17, 15) is 0 Å². The summed E-state index contributed by atoms with van der Waals surface area (Å²) in [6, 6.07) is 0. The predicted octanol–water partition coefficient (Wildman–Crippen LogP) is 0.930. The van der Waals surface area contributed by atoms with Crippen molar-refractivity contribution in [2.24, 2.45) is 5.41 Å². The predicted molar refractivity (Wildman–Crippen MR) is 61.8 cm³/mol. The van der Waals surface area contributed by atoms with Crippen molar-refractivity contribution in [1.82, 2.24) is 0 Å². The highest BCUT2D eigenvalue weighted by atomic mass is 16.6. The van der Waals surface area contributed by atoms with Crippen LogP contribution in [0, 0.1) is 5.41 Å². The van der Waals surface area contributed by atoms with Crippen molar-refractivity contribution < 1.29 is 18.9 Å². The Bertz CT molecular complexity index is 283. The van der Waals surface area contributed by atoms with Crippen molar-refractivity contribution in [2.45, 2.75) is 12.2 Å². The molecular formula is C13H18O4. The highest BCUT2D eigenvalue weighted by Gasteiger charge is 2.31. The third-order valence-corrected chi connectivity index (χ3v) is 3.12. The molecule has 1 aliphatic carbocycles. The first-order valence-corrected chi connectivity index (χ1v) is 6.12. The quantitative estimate of drug-likeness (QED) is 0.590. The van der Waals surface area contributed by atoms with Crippen molar-refractivity contribution in [1.29, 1.82) is 0 Å². The lowest BCUT2D eigenvalue weighted by molar-refractivity contribution is 0.0169. The van der Waals surface area contributed by atoms with Gasteiger partial charge >= 0.3 is 0 Å². The molecular weight excluding hydrogens is 220 g/mol. The number of ether oxygens (including phenoxy) is 4. The maximum Gasteiger partial charge on any atom is 0.104 e. The van der Waals surface area contributed by atoms with Crippen molar-refractivity contribution in [3.63, 3.8) is 0 Å². The molecule has 0 amide bonds. The van der Waals surface area contributed by atoms with Crippen LogP contribution < -0.4 is 0 Å². The number of rotatable bonds is 8. The molecule has 0 bridgehead atoms. The maximum atomic E-state index is 5.68. The van der Waals surface area contributed by atoms with Gasteiger partial charge in [0.1, 0.15) is 12.2 Å². The third-order valence-electron chi connectivity index (χ3n) is 3.12. The van der Waals surface area contributed by atoms with Gasteiger partial charge in [-0.05, 0) is 0 Å². The molecule has 0 radical (unpaired) electrons. The number of hydrogen-bond donors (Lipinski definition) is 0. The molecule has 4 heteroatoms. The largest absolute Gasteiger partial charge is 0.377 e. The van der Waals surface area contributed by atoms with Gasteiger partial charge in [-0.25, -0.2) is 0 Å². The van der Waals surface area contributed by atoms with Crippen LogP contribution in [0.4, 0.5) is 0 Å². The topological polar surface area (TPSA) is 43.5 Å². The van der Waals surface area contributed by atoms with Gasteiger partial charge in [0.15, 0.2) is 0 Å². The summed E-state index contributed by atoms with van der Waals surface area (Å²) < 4.78 is 21.6. The zero-order valence-corrected chi connectivity index (χ0v) is 9.84. The maximum absolute atomic E-state index is 5.68. The molecule has 3 rings (SSSR count). The van der Waals surface area contributed by atoms with Crippen molar-refractivity contribution in [3.05, 3.63) is 24.3 Å². The minimum Gasteiger partial charge on any atom is -0.377 e. The van der Waals surface area contributed by atoms with Crippen LogP contribution in [0.25, 0.3) is 0 Å². The summed E-state index contributed by atoms with van der Waals surface area (Å²) in [5, 5.41) is 0. The molecule has 2 aliphatic heterocycles. The van der Waals surface area contributed by atoms with E-state index in [-0.39, 0.29) is 5.41 Å². The molecule has 2 saturated heterocycles. The summed E-state index contributed by atoms with van der Waals surface area (Å²) in [6.45, 7) is 4.38. The van der Waals surface area contributed by atoms with Gasteiger partial charge in [0.2, 0.25) is 0 Å². The molecule has 17 heavy (non-hydrogen) atoms. The lowest BCUT2D eigenvalue weighted by atomic mass is 9.92. The fraction of sp³-hybridized carbons (Fsp3) is 0.692. The summed E-state index contributed by atoms with van der Waals surface area (Å²) in [7, 11) is 0. The van der Waals surface area contributed by atoms with E-state index in [0.717, 1.165) is 13.2 Å². The van der Waals surface area contributed by atoms with Crippen LogP contribution in [0.15, 0.2) is 24.3 Å². The Balaban J connectivity index is 1.42. The third kappa shape index (κ3) is 3.39. The first-order valence-electron chi connectivity index (χ1n) is 6.12. The molecule has 3 aliphatic rings. The van der Waals surface area contributed by atoms with Gasteiger partial charge < -0.3 is 18.9 Å². The first-order chi connectivity index (χ1) is 8.36. The van der Waals surface area contributed by atoms with E-state index in [1.165, 1.54) is 0 Å². The van der Waals surface area contributed by atoms with Gasteiger partial charge in [-0.2, -0.15) is 0 Å². The van der Waals surface area contributed by atoms with Crippen molar-refractivity contribution >= 4 is 0 Å². The molecule has 0 aromatic carbocycles. The van der Waals surface area contributed by atoms with E-state index in [2.05, 4.69) is 12.2 Å². The Hall–Kier alpha value is -0.680. The second-order valence-electron chi connectivity index (χ2n) is 4.89. The van der Waals surface area contributed by atoms with E-state index >= 15 is 0 Å². The van der Waals surface area contributed by atoms with E-state index in [0.29, 0.717) is 38.6 Å². The van der Waals surface area contributed by atoms with Crippen LogP contribution in [0.1, 0.15) is 0 Å². The Morgan fingerprint density at radius 1 is 0.941 bits per heavy atom. The van der Waals surface area contributed by atoms with Crippen LogP contribution in [0.5, 0.6) is 0 Å². The Morgan fingerprint density at radius 3 is 1.82 bits per heavy atom. The Labute approximate surface area is 101 Å². The Morgan fingerprint density at radius 2 is 1.41 bits per heavy atom. The summed E-state index contributed by atoms with van der Waals surface area (Å²) in [5.41, 5.74) is -0.0935. The minimum atomic E-state index is -0.0935. The fourth-order valence-electron chi connectivity index (χ4n) is 1.87. The first kappa shape index (κ1) is 11.4. The van der Waals surface area contributed by atoms with E-state index in [1.807, 2.05) is 12.2 Å². The number of allylic oxidation sites excluding steroid dienone is 2. The van der Waals surface area contributed by atoms with Crippen LogP contribution in [0.2, 0.25) is 0 Å². The molecule has 0 spiro atoms. The summed E-state index contributed by atoms with van der Waals surface area (Å²) in [4.78, 5) is 0. The highest BCUT2D eigenvalue weighted by molar-refractivity contribution is 5.25. The van der Waals surface area contributed by atoms with Gasteiger partial charge in [-0.3, -0.25) is 0 Å². The highest BCUT2D eigenvalue weighted by Crippen LogP contribution is 2.28. The summed E-state index contributed by atoms with van der Waals surface area (Å²) >= 11 is 0. The smallest absolute Gasteiger partial charge is 0.104 e. The van der Waals surface area contributed by atoms with E-state index in [4.69, 9.17) is 18.9 Å². The van der Waals surface area contributed by atoms with Crippen LogP contribution >= 0.6 is 0 Å². The second kappa shape index (κ2) is 4.90. The average Bonchev–Trinajstić information content (AvgIpc) is 3.22. The summed E-state index contributed by atoms with van der Waals surface area (Å²) in [5.74, 6) is 0. The normalized spacial score (nSPS) is 32.0. The van der Waals surface area contributed by atoms with E-state index < -0.39 is 0 Å². The van der Waals surface area contributed by atoms with Gasteiger partial charge in [-0.1, -0.05) is 24.3 Å². The van der Waals surface area contributed by atoms with E-state index in [1.54, 1.807) is 0 Å². The van der Waals surface area contributed by atoms with Crippen LogP contribution in [0.3, 0.4) is 0 Å². The molecule has 2 atom stereocenters. The zero-order valence-electron chi connectivity index (χ0n) is 9.84. The lowest BCUT2D eigenvalue weighted by Gasteiger charge is -2.24. The fourth-order valence-corrected chi connectivity index (χ4v) is 1.87. The second-order valence-corrected chi connectivity index (χ2v) is 4.89. The molecule has 0 aromatic rings. The van der Waals surface area contributed by atoms with Crippen LogP contribution in [-0.4, -0.2) is 51.8 Å². The minimum absolute atomic E-state index is 0.0935. The van der Waals surface area contributed by atoms with Crippen LogP contribution in [-0.2, 0) is 18.9 Å². The van der Waals surface area contributed by atoms with Crippen molar-refractivity contribution in [2.75, 3.05) is 39.6 Å². The SMILES string of the molecule is C1=CC(COCC2CO2)(COCC2CO2)C=C1. The molecule has 2 unspecified atom stereocenters. The molecule has 2 heterocycles. The molecule has 0 saturated carbocycles. The van der Waals surface area contributed by atoms with Gasteiger partial charge in [0.05, 0.1) is 45.1 Å². The lowest BCUT2D eigenvalue weighted by Crippen LogP contribution is -2.28. The summed E-state index contributed by atoms with van der Waals surface area (Å²) in [6.07, 6.45) is 9.04. The van der Waals surface area contributed by atoms with Crippen molar-refractivity contribution in [3.8, 4) is 0 Å². The van der Waals surface area contributed by atoms with Gasteiger partial charge in [0.25, 0.3) is 0 Å². The molecule has 0 N–H and O–H groups in total. The molecule has 2 fully saturated rings. The zero-order chi connectivity index (χ0) is 11.6. The average molecular weight is 238 g/mol. The molecule has 0 aromatic heterocycles. The monoisotopic (exact) mass is 238 g/mol. The molecule has 4 nitrogen and oxygen atoms in total. The number of epoxide rings is 2. The Kier molecular flexibility index (Phi) is 3.29. The number of hydrogen-bond acceptors (Lipinski definition) is 4. The van der Waals surface area contributed by atoms with Gasteiger partial charge in [-0.15, -0.1) is 0 Å². The molecule has 94 valence electrons. The van der Waals surface area contributed by atoms with Gasteiger partial charge in [0, 0.05) is 0 Å².